The fourth-order valence-electron chi connectivity index (χ4n) is 1.10. The van der Waals surface area contributed by atoms with Crippen LogP contribution in [-0.2, 0) is 0 Å². The lowest BCUT2D eigenvalue weighted by atomic mass is 10.4. The molecule has 0 spiro atoms. The van der Waals surface area contributed by atoms with E-state index in [9.17, 15) is 0 Å². The van der Waals surface area contributed by atoms with Gasteiger partial charge in [0.25, 0.3) is 0 Å². The minimum Gasteiger partial charge on any atom is -0.346 e. The van der Waals surface area contributed by atoms with E-state index < -0.39 is 0 Å². The van der Waals surface area contributed by atoms with Crippen LogP contribution in [0.4, 0.5) is 0 Å². The van der Waals surface area contributed by atoms with Gasteiger partial charge in [-0.3, -0.25) is 5.10 Å². The zero-order chi connectivity index (χ0) is 10.6. The van der Waals surface area contributed by atoms with Crippen LogP contribution in [0.3, 0.4) is 0 Å². The number of aryl methyl sites for hydroxylation is 4. The van der Waals surface area contributed by atoms with Crippen LogP contribution in [-0.4, -0.2) is 20.2 Å². The SMILES string of the molecule is Cc1cc(C)[nH]n1.Cc1cnc(C)[nH]1. The summed E-state index contributed by atoms with van der Waals surface area (Å²) in [7, 11) is 0. The molecule has 0 aliphatic carbocycles. The Morgan fingerprint density at radius 1 is 1.07 bits per heavy atom. The maximum Gasteiger partial charge on any atom is 0.103 e. The van der Waals surface area contributed by atoms with Gasteiger partial charge >= 0.3 is 0 Å². The number of nitrogens with zero attached hydrogens (tertiary/aromatic N) is 2. The van der Waals surface area contributed by atoms with Gasteiger partial charge < -0.3 is 4.98 Å². The monoisotopic (exact) mass is 192 g/mol. The molecule has 0 unspecified atom stereocenters. The van der Waals surface area contributed by atoms with Gasteiger partial charge in [0.1, 0.15) is 5.82 Å². The van der Waals surface area contributed by atoms with E-state index in [1.165, 1.54) is 0 Å². The normalized spacial score (nSPS) is 9.43. The first-order valence-corrected chi connectivity index (χ1v) is 4.55. The molecule has 2 aromatic heterocycles. The summed E-state index contributed by atoms with van der Waals surface area (Å²) < 4.78 is 0. The van der Waals surface area contributed by atoms with Gasteiger partial charge in [-0.1, -0.05) is 0 Å². The molecule has 76 valence electrons. The van der Waals surface area contributed by atoms with Crippen LogP contribution in [0.25, 0.3) is 0 Å². The number of nitrogens with one attached hydrogen (secondary N) is 2. The Balaban J connectivity index is 0.000000140. The first-order valence-electron chi connectivity index (χ1n) is 4.55. The molecule has 2 heterocycles. The van der Waals surface area contributed by atoms with Crippen LogP contribution < -0.4 is 0 Å². The fourth-order valence-corrected chi connectivity index (χ4v) is 1.10. The zero-order valence-corrected chi connectivity index (χ0v) is 9.05. The summed E-state index contributed by atoms with van der Waals surface area (Å²) in [5.74, 6) is 0.984. The second-order valence-corrected chi connectivity index (χ2v) is 3.34. The summed E-state index contributed by atoms with van der Waals surface area (Å²) in [4.78, 5) is 6.99. The number of H-pyrrole nitrogens is 2. The molecule has 4 heteroatoms. The average molecular weight is 192 g/mol. The summed E-state index contributed by atoms with van der Waals surface area (Å²) in [6.07, 6.45) is 1.81. The maximum absolute atomic E-state index is 3.96. The first kappa shape index (κ1) is 10.5. The minimum atomic E-state index is 0.984. The third kappa shape index (κ3) is 3.43. The molecule has 2 N–H and O–H groups in total. The number of hydrogen-bond acceptors (Lipinski definition) is 2. The molecule has 0 saturated carbocycles. The van der Waals surface area contributed by atoms with Gasteiger partial charge in [0.15, 0.2) is 0 Å². The van der Waals surface area contributed by atoms with E-state index >= 15 is 0 Å². The van der Waals surface area contributed by atoms with E-state index in [-0.39, 0.29) is 0 Å². The van der Waals surface area contributed by atoms with Crippen molar-refractivity contribution in [1.82, 2.24) is 20.2 Å². The van der Waals surface area contributed by atoms with E-state index in [0.717, 1.165) is 22.9 Å². The summed E-state index contributed by atoms with van der Waals surface area (Å²) >= 11 is 0. The molecule has 4 nitrogen and oxygen atoms in total. The highest BCUT2D eigenvalue weighted by Gasteiger charge is 1.84. The van der Waals surface area contributed by atoms with E-state index in [1.807, 2.05) is 40.0 Å². The zero-order valence-electron chi connectivity index (χ0n) is 9.05. The van der Waals surface area contributed by atoms with Crippen molar-refractivity contribution in [3.8, 4) is 0 Å². The van der Waals surface area contributed by atoms with E-state index in [0.29, 0.717) is 0 Å². The van der Waals surface area contributed by atoms with Gasteiger partial charge in [-0.15, -0.1) is 0 Å². The van der Waals surface area contributed by atoms with Crippen molar-refractivity contribution in [2.75, 3.05) is 0 Å². The van der Waals surface area contributed by atoms with Crippen molar-refractivity contribution in [3.63, 3.8) is 0 Å². The molecular formula is C10H16N4. The van der Waals surface area contributed by atoms with Crippen LogP contribution in [0.1, 0.15) is 22.9 Å². The Kier molecular flexibility index (Phi) is 3.45. The first-order chi connectivity index (χ1) is 6.58. The smallest absolute Gasteiger partial charge is 0.103 e. The Hall–Kier alpha value is -1.58. The molecule has 0 bridgehead atoms. The summed E-state index contributed by atoms with van der Waals surface area (Å²) in [5.41, 5.74) is 3.30. The maximum atomic E-state index is 3.96. The van der Waals surface area contributed by atoms with E-state index in [1.54, 1.807) is 0 Å². The fraction of sp³-hybridized carbons (Fsp3) is 0.400. The lowest BCUT2D eigenvalue weighted by Gasteiger charge is -1.74. The number of rotatable bonds is 0. The number of aromatic amines is 2. The molecular weight excluding hydrogens is 176 g/mol. The van der Waals surface area contributed by atoms with Crippen LogP contribution in [0.5, 0.6) is 0 Å². The summed E-state index contributed by atoms with van der Waals surface area (Å²) in [6.45, 7) is 7.87. The molecule has 14 heavy (non-hydrogen) atoms. The predicted octanol–water partition coefficient (Wildman–Crippen LogP) is 2.05. The Morgan fingerprint density at radius 3 is 1.93 bits per heavy atom. The van der Waals surface area contributed by atoms with E-state index in [2.05, 4.69) is 20.2 Å². The Labute approximate surface area is 83.8 Å². The highest BCUT2D eigenvalue weighted by Crippen LogP contribution is 1.92. The van der Waals surface area contributed by atoms with Crippen LogP contribution in [0.2, 0.25) is 0 Å². The standard InChI is InChI=1S/2C5H8N2/c1-4-3-6-5(2)7-4;1-4-3-5(2)7-6-4/h2*3H,1-2H3,(H,6,7). The van der Waals surface area contributed by atoms with E-state index in [4.69, 9.17) is 0 Å². The van der Waals surface area contributed by atoms with Crippen molar-refractivity contribution in [3.05, 3.63) is 35.2 Å². The lowest BCUT2D eigenvalue weighted by molar-refractivity contribution is 1.02. The average Bonchev–Trinajstić information content (AvgIpc) is 2.63. The third-order valence-corrected chi connectivity index (χ3v) is 1.66. The highest BCUT2D eigenvalue weighted by atomic mass is 15.1. The molecule has 0 aromatic carbocycles. The topological polar surface area (TPSA) is 57.4 Å². The van der Waals surface area contributed by atoms with Gasteiger partial charge in [-0.2, -0.15) is 5.10 Å². The molecule has 2 rings (SSSR count). The molecule has 2 aromatic rings. The van der Waals surface area contributed by atoms with Crippen molar-refractivity contribution < 1.29 is 0 Å². The second-order valence-electron chi connectivity index (χ2n) is 3.34. The Bertz CT molecular complexity index is 315. The molecule has 0 fully saturated rings. The van der Waals surface area contributed by atoms with Crippen LogP contribution >= 0.6 is 0 Å². The lowest BCUT2D eigenvalue weighted by Crippen LogP contribution is -1.70. The van der Waals surface area contributed by atoms with Gasteiger partial charge in [-0.25, -0.2) is 4.98 Å². The molecule has 0 atom stereocenters. The quantitative estimate of drug-likeness (QED) is 0.671. The highest BCUT2D eigenvalue weighted by molar-refractivity contribution is 5.03. The molecule has 0 saturated heterocycles. The molecule has 0 aliphatic rings. The number of aromatic nitrogens is 4. The van der Waals surface area contributed by atoms with Gasteiger partial charge in [0.05, 0.1) is 5.69 Å². The van der Waals surface area contributed by atoms with Crippen molar-refractivity contribution >= 4 is 0 Å². The van der Waals surface area contributed by atoms with Crippen LogP contribution in [0, 0.1) is 27.7 Å². The molecule has 0 radical (unpaired) electrons. The number of imidazole rings is 1. The van der Waals surface area contributed by atoms with Gasteiger partial charge in [-0.05, 0) is 33.8 Å². The summed E-state index contributed by atoms with van der Waals surface area (Å²) in [5, 5.41) is 6.71. The number of hydrogen-bond donors (Lipinski definition) is 2. The largest absolute Gasteiger partial charge is 0.346 e. The molecule has 0 aliphatic heterocycles. The van der Waals surface area contributed by atoms with Crippen molar-refractivity contribution in [2.45, 2.75) is 27.7 Å². The second kappa shape index (κ2) is 4.60. The van der Waals surface area contributed by atoms with Crippen molar-refractivity contribution in [1.29, 1.82) is 0 Å². The third-order valence-electron chi connectivity index (χ3n) is 1.66. The van der Waals surface area contributed by atoms with Gasteiger partial charge in [0, 0.05) is 17.6 Å². The van der Waals surface area contributed by atoms with Crippen LogP contribution in [0.15, 0.2) is 12.3 Å². The molecule has 0 amide bonds. The summed E-state index contributed by atoms with van der Waals surface area (Å²) in [6, 6.07) is 2.00. The minimum absolute atomic E-state index is 0.984. The van der Waals surface area contributed by atoms with Gasteiger partial charge in [0.2, 0.25) is 0 Å². The Morgan fingerprint density at radius 2 is 1.79 bits per heavy atom. The predicted molar refractivity (Wildman–Crippen MR) is 56.1 cm³/mol. The van der Waals surface area contributed by atoms with Crippen molar-refractivity contribution in [2.24, 2.45) is 0 Å².